The Labute approximate surface area is 254 Å². The molecular formula is C34H42F2N2O4S. The normalized spacial score (nSPS) is 13.3. The third-order valence-electron chi connectivity index (χ3n) is 6.79. The van der Waals surface area contributed by atoms with Crippen molar-refractivity contribution in [3.05, 3.63) is 101 Å². The van der Waals surface area contributed by atoms with Crippen LogP contribution in [0.1, 0.15) is 82.9 Å². The lowest BCUT2D eigenvalue weighted by atomic mass is 9.98. The number of aliphatic imine (C=N–C) groups is 1. The minimum absolute atomic E-state index is 0.0679. The molecule has 0 unspecified atom stereocenters. The van der Waals surface area contributed by atoms with Gasteiger partial charge in [0.05, 0.1) is 16.6 Å². The van der Waals surface area contributed by atoms with Gasteiger partial charge in [0.25, 0.3) is 0 Å². The minimum Gasteiger partial charge on any atom is -0.458 e. The maximum Gasteiger partial charge on any atom is 0.333 e. The first-order chi connectivity index (χ1) is 20.3. The molecule has 3 aromatic rings. The molecular weight excluding hydrogens is 570 g/mol. The van der Waals surface area contributed by atoms with Crippen LogP contribution in [0.5, 0.6) is 0 Å². The van der Waals surface area contributed by atoms with Crippen LogP contribution in [0.4, 0.5) is 8.78 Å². The van der Waals surface area contributed by atoms with Gasteiger partial charge in [0, 0.05) is 11.1 Å². The standard InChI is InChI=1S/C34H42F2N2O4S/c1-6-7-8-9-10-11-30(38-43(40,41)29-22-12-24(2)13-23-29)32(33(39)42-34(3,4)5)37-31(25-14-18-27(35)19-15-25)26-16-20-28(36)21-17-26/h12-23,30,32,38H,6-11H2,1-5H3/t30-,32+/m1/s1. The summed E-state index contributed by atoms with van der Waals surface area (Å²) in [5.74, 6) is -1.62. The number of esters is 1. The molecule has 0 aromatic heterocycles. The summed E-state index contributed by atoms with van der Waals surface area (Å²) >= 11 is 0. The highest BCUT2D eigenvalue weighted by atomic mass is 32.2. The Hall–Kier alpha value is -3.43. The van der Waals surface area contributed by atoms with Crippen LogP contribution in [0.25, 0.3) is 0 Å². The van der Waals surface area contributed by atoms with Crippen molar-refractivity contribution in [1.82, 2.24) is 4.72 Å². The smallest absolute Gasteiger partial charge is 0.333 e. The van der Waals surface area contributed by atoms with E-state index in [9.17, 15) is 22.0 Å². The summed E-state index contributed by atoms with van der Waals surface area (Å²) < 4.78 is 63.5. The van der Waals surface area contributed by atoms with Gasteiger partial charge in [-0.2, -0.15) is 0 Å². The monoisotopic (exact) mass is 612 g/mol. The number of carbonyl (C=O) groups excluding carboxylic acids is 1. The Morgan fingerprint density at radius 2 is 1.35 bits per heavy atom. The first kappa shape index (κ1) is 34.1. The molecule has 0 radical (unpaired) electrons. The molecule has 0 spiro atoms. The molecule has 3 rings (SSSR count). The van der Waals surface area contributed by atoms with Gasteiger partial charge in [0.15, 0.2) is 6.04 Å². The molecule has 2 atom stereocenters. The van der Waals surface area contributed by atoms with Crippen LogP contribution < -0.4 is 4.72 Å². The van der Waals surface area contributed by atoms with Crippen molar-refractivity contribution in [2.45, 2.75) is 95.7 Å². The van der Waals surface area contributed by atoms with E-state index in [0.29, 0.717) is 24.0 Å². The molecule has 232 valence electrons. The fourth-order valence-electron chi connectivity index (χ4n) is 4.57. The van der Waals surface area contributed by atoms with E-state index in [2.05, 4.69) is 11.6 Å². The van der Waals surface area contributed by atoms with E-state index in [1.54, 1.807) is 32.9 Å². The zero-order chi connectivity index (χ0) is 31.6. The summed E-state index contributed by atoms with van der Waals surface area (Å²) in [7, 11) is -4.05. The average Bonchev–Trinajstić information content (AvgIpc) is 2.93. The summed E-state index contributed by atoms with van der Waals surface area (Å²) in [6.45, 7) is 9.15. The van der Waals surface area contributed by atoms with Gasteiger partial charge in [-0.15, -0.1) is 0 Å². The van der Waals surface area contributed by atoms with Gasteiger partial charge in [-0.3, -0.25) is 4.99 Å². The Bertz CT molecular complexity index is 1420. The van der Waals surface area contributed by atoms with Gasteiger partial charge in [0.2, 0.25) is 10.0 Å². The lowest BCUT2D eigenvalue weighted by Crippen LogP contribution is -2.48. The number of halogens is 2. The number of nitrogens with zero attached hydrogens (tertiary/aromatic N) is 1. The summed E-state index contributed by atoms with van der Waals surface area (Å²) in [6.07, 6.45) is 4.90. The molecule has 0 aliphatic heterocycles. The summed E-state index contributed by atoms with van der Waals surface area (Å²) in [4.78, 5) is 18.7. The van der Waals surface area contributed by atoms with Crippen LogP contribution in [0.3, 0.4) is 0 Å². The fraction of sp³-hybridized carbons (Fsp3) is 0.412. The molecule has 1 N–H and O–H groups in total. The quantitative estimate of drug-likeness (QED) is 0.116. The number of ether oxygens (including phenoxy) is 1. The van der Waals surface area contributed by atoms with E-state index in [4.69, 9.17) is 9.73 Å². The average molecular weight is 613 g/mol. The van der Waals surface area contributed by atoms with Gasteiger partial charge >= 0.3 is 5.97 Å². The van der Waals surface area contributed by atoms with Crippen molar-refractivity contribution in [3.8, 4) is 0 Å². The number of carbonyl (C=O) groups is 1. The van der Waals surface area contributed by atoms with Crippen LogP contribution in [-0.2, 0) is 19.6 Å². The first-order valence-electron chi connectivity index (χ1n) is 14.7. The summed E-state index contributed by atoms with van der Waals surface area (Å²) in [5.41, 5.74) is 1.26. The molecule has 6 nitrogen and oxygen atoms in total. The van der Waals surface area contributed by atoms with Crippen LogP contribution in [0.15, 0.2) is 82.7 Å². The Balaban J connectivity index is 2.16. The predicted octanol–water partition coefficient (Wildman–Crippen LogP) is 7.53. The molecule has 0 aliphatic rings. The molecule has 0 aliphatic carbocycles. The Morgan fingerprint density at radius 1 is 0.837 bits per heavy atom. The van der Waals surface area contributed by atoms with E-state index in [-0.39, 0.29) is 10.6 Å². The van der Waals surface area contributed by atoms with Crippen molar-refractivity contribution in [1.29, 1.82) is 0 Å². The highest BCUT2D eigenvalue weighted by Gasteiger charge is 2.35. The second-order valence-corrected chi connectivity index (χ2v) is 13.4. The van der Waals surface area contributed by atoms with Crippen LogP contribution >= 0.6 is 0 Å². The SMILES string of the molecule is CCCCCCC[C@@H](NS(=O)(=O)c1ccc(C)cc1)[C@H](N=C(c1ccc(F)cc1)c1ccc(F)cc1)C(=O)OC(C)(C)C. The molecule has 0 saturated heterocycles. The van der Waals surface area contributed by atoms with Crippen molar-refractivity contribution >= 4 is 21.7 Å². The molecule has 9 heteroatoms. The number of aryl methyl sites for hydroxylation is 1. The number of benzene rings is 3. The fourth-order valence-corrected chi connectivity index (χ4v) is 5.85. The van der Waals surface area contributed by atoms with Crippen LogP contribution in [0.2, 0.25) is 0 Å². The number of unbranched alkanes of at least 4 members (excludes halogenated alkanes) is 4. The molecule has 0 heterocycles. The second kappa shape index (κ2) is 15.3. The molecule has 0 fully saturated rings. The first-order valence-corrected chi connectivity index (χ1v) is 16.2. The van der Waals surface area contributed by atoms with Gasteiger partial charge < -0.3 is 4.74 Å². The molecule has 0 amide bonds. The predicted molar refractivity (Wildman–Crippen MR) is 167 cm³/mol. The summed E-state index contributed by atoms with van der Waals surface area (Å²) in [5, 5.41) is 0. The highest BCUT2D eigenvalue weighted by Crippen LogP contribution is 2.22. The lowest BCUT2D eigenvalue weighted by Gasteiger charge is -2.28. The lowest BCUT2D eigenvalue weighted by molar-refractivity contribution is -0.157. The molecule has 0 bridgehead atoms. The van der Waals surface area contributed by atoms with Gasteiger partial charge in [-0.25, -0.2) is 26.7 Å². The number of hydrogen-bond acceptors (Lipinski definition) is 5. The third kappa shape index (κ3) is 10.7. The largest absolute Gasteiger partial charge is 0.458 e. The third-order valence-corrected chi connectivity index (χ3v) is 8.30. The van der Waals surface area contributed by atoms with Crippen molar-refractivity contribution in [3.63, 3.8) is 0 Å². The highest BCUT2D eigenvalue weighted by molar-refractivity contribution is 7.89. The maximum absolute atomic E-state index is 13.9. The van der Waals surface area contributed by atoms with Gasteiger partial charge in [-0.1, -0.05) is 56.7 Å². The van der Waals surface area contributed by atoms with E-state index >= 15 is 0 Å². The van der Waals surface area contributed by atoms with Crippen molar-refractivity contribution in [2.75, 3.05) is 0 Å². The maximum atomic E-state index is 13.9. The minimum atomic E-state index is -4.05. The topological polar surface area (TPSA) is 84.8 Å². The van der Waals surface area contributed by atoms with Crippen molar-refractivity contribution in [2.24, 2.45) is 4.99 Å². The Morgan fingerprint density at radius 3 is 1.84 bits per heavy atom. The van der Waals surface area contributed by atoms with E-state index < -0.39 is 45.3 Å². The van der Waals surface area contributed by atoms with Gasteiger partial charge in [-0.05, 0) is 94.8 Å². The summed E-state index contributed by atoms with van der Waals surface area (Å²) in [6, 6.07) is 15.3. The van der Waals surface area contributed by atoms with E-state index in [0.717, 1.165) is 31.2 Å². The number of hydrogen-bond donors (Lipinski definition) is 1. The second-order valence-electron chi connectivity index (χ2n) is 11.7. The van der Waals surface area contributed by atoms with Gasteiger partial charge in [0.1, 0.15) is 17.2 Å². The number of sulfonamides is 1. The molecule has 3 aromatic carbocycles. The van der Waals surface area contributed by atoms with E-state index in [1.165, 1.54) is 60.7 Å². The van der Waals surface area contributed by atoms with E-state index in [1.807, 2.05) is 6.92 Å². The zero-order valence-electron chi connectivity index (χ0n) is 25.6. The molecule has 0 saturated carbocycles. The Kier molecular flexibility index (Phi) is 12.2. The van der Waals surface area contributed by atoms with Crippen molar-refractivity contribution < 1.29 is 26.7 Å². The van der Waals surface area contributed by atoms with Crippen LogP contribution in [-0.4, -0.2) is 37.8 Å². The zero-order valence-corrected chi connectivity index (χ0v) is 26.4. The van der Waals surface area contributed by atoms with Crippen LogP contribution in [0, 0.1) is 18.6 Å². The molecule has 43 heavy (non-hydrogen) atoms. The number of nitrogens with one attached hydrogen (secondary N) is 1. The number of rotatable bonds is 14.